The molecular formula is C28H37N3O. The van der Waals surface area contributed by atoms with Crippen LogP contribution in [0, 0.1) is 42.4 Å². The van der Waals surface area contributed by atoms with Crippen molar-refractivity contribution in [1.29, 1.82) is 0 Å². The molecule has 170 valence electrons. The number of aryl methyl sites for hydroxylation is 2. The van der Waals surface area contributed by atoms with Crippen molar-refractivity contribution in [2.24, 2.45) is 28.6 Å². The Morgan fingerprint density at radius 2 is 1.81 bits per heavy atom. The molecule has 1 aliphatic heterocycles. The number of imidazole rings is 1. The van der Waals surface area contributed by atoms with Gasteiger partial charge in [0.1, 0.15) is 5.82 Å². The summed E-state index contributed by atoms with van der Waals surface area (Å²) >= 11 is 0. The smallest absolute Gasteiger partial charge is 0.246 e. The van der Waals surface area contributed by atoms with Gasteiger partial charge in [0.15, 0.2) is 0 Å². The third-order valence-corrected chi connectivity index (χ3v) is 10.6. The summed E-state index contributed by atoms with van der Waals surface area (Å²) in [6.07, 6.45) is 11.6. The van der Waals surface area contributed by atoms with Crippen molar-refractivity contribution < 1.29 is 4.79 Å². The number of fused-ring (bicyclic) bond motifs is 6. The lowest BCUT2D eigenvalue weighted by Gasteiger charge is -2.60. The topological polar surface area (TPSA) is 49.0 Å². The van der Waals surface area contributed by atoms with Gasteiger partial charge in [0.2, 0.25) is 5.91 Å². The van der Waals surface area contributed by atoms with E-state index in [4.69, 9.17) is 4.98 Å². The number of benzene rings is 1. The van der Waals surface area contributed by atoms with Gasteiger partial charge < -0.3 is 9.88 Å². The predicted octanol–water partition coefficient (Wildman–Crippen LogP) is 5.90. The van der Waals surface area contributed by atoms with Gasteiger partial charge in [-0.1, -0.05) is 19.9 Å². The highest BCUT2D eigenvalue weighted by Gasteiger charge is 2.60. The first-order chi connectivity index (χ1) is 15.2. The van der Waals surface area contributed by atoms with E-state index in [0.29, 0.717) is 23.3 Å². The second-order valence-corrected chi connectivity index (χ2v) is 11.9. The lowest BCUT2D eigenvalue weighted by atomic mass is 9.47. The Hall–Kier alpha value is -2.10. The van der Waals surface area contributed by atoms with Crippen molar-refractivity contribution in [3.8, 4) is 0 Å². The number of hydrogen-bond acceptors (Lipinski definition) is 2. The fraction of sp³-hybridized carbons (Fsp3) is 0.643. The minimum atomic E-state index is 0.124. The minimum absolute atomic E-state index is 0.124. The van der Waals surface area contributed by atoms with E-state index in [0.717, 1.165) is 23.8 Å². The van der Waals surface area contributed by atoms with Gasteiger partial charge in [0, 0.05) is 24.4 Å². The average Bonchev–Trinajstić information content (AvgIpc) is 3.31. The first-order valence-corrected chi connectivity index (χ1v) is 12.7. The molecule has 0 saturated heterocycles. The maximum Gasteiger partial charge on any atom is 0.246 e. The molecule has 32 heavy (non-hydrogen) atoms. The second-order valence-electron chi connectivity index (χ2n) is 11.9. The van der Waals surface area contributed by atoms with E-state index >= 15 is 0 Å². The molecule has 3 saturated carbocycles. The maximum atomic E-state index is 12.3. The maximum absolute atomic E-state index is 12.3. The highest BCUT2D eigenvalue weighted by molar-refractivity contribution is 5.89. The Morgan fingerprint density at radius 1 is 1.03 bits per heavy atom. The summed E-state index contributed by atoms with van der Waals surface area (Å²) in [6.45, 7) is 9.37. The van der Waals surface area contributed by atoms with Crippen molar-refractivity contribution in [1.82, 2.24) is 14.9 Å². The SMILES string of the molecule is Cc1cc2nc(C3CC[C@H]4[C@@H]5CCC6N(C)C(=O)C=C[C@]6(C)[C@@H]5CC[C@]34C)[nH]c2cc1C. The Morgan fingerprint density at radius 3 is 2.62 bits per heavy atom. The number of aromatic nitrogens is 2. The minimum Gasteiger partial charge on any atom is -0.342 e. The molecule has 2 unspecified atom stereocenters. The third-order valence-electron chi connectivity index (χ3n) is 10.6. The van der Waals surface area contributed by atoms with Crippen molar-refractivity contribution >= 4 is 16.9 Å². The van der Waals surface area contributed by atoms with E-state index in [9.17, 15) is 4.79 Å². The zero-order valence-electron chi connectivity index (χ0n) is 20.2. The summed E-state index contributed by atoms with van der Waals surface area (Å²) < 4.78 is 0. The summed E-state index contributed by atoms with van der Waals surface area (Å²) in [5.74, 6) is 4.14. The molecule has 2 aromatic rings. The van der Waals surface area contributed by atoms with Crippen molar-refractivity contribution in [3.63, 3.8) is 0 Å². The summed E-state index contributed by atoms with van der Waals surface area (Å²) in [4.78, 5) is 23.2. The Balaban J connectivity index is 1.33. The third kappa shape index (κ3) is 2.61. The van der Waals surface area contributed by atoms with Crippen LogP contribution in [-0.4, -0.2) is 33.9 Å². The van der Waals surface area contributed by atoms with Crippen LogP contribution in [0.1, 0.15) is 75.2 Å². The molecule has 2 heterocycles. The highest BCUT2D eigenvalue weighted by Crippen LogP contribution is 2.67. The lowest BCUT2D eigenvalue weighted by Crippen LogP contribution is -2.59. The molecule has 1 aromatic heterocycles. The second kappa shape index (κ2) is 6.71. The lowest BCUT2D eigenvalue weighted by molar-refractivity contribution is -0.138. The summed E-state index contributed by atoms with van der Waals surface area (Å²) in [5, 5.41) is 0. The van der Waals surface area contributed by atoms with E-state index in [-0.39, 0.29) is 11.3 Å². The normalized spacial score (nSPS) is 41.0. The fourth-order valence-corrected chi connectivity index (χ4v) is 8.64. The van der Waals surface area contributed by atoms with Crippen LogP contribution in [-0.2, 0) is 4.79 Å². The van der Waals surface area contributed by atoms with Crippen LogP contribution in [0.2, 0.25) is 0 Å². The molecule has 4 heteroatoms. The average molecular weight is 432 g/mol. The zero-order valence-corrected chi connectivity index (χ0v) is 20.2. The summed E-state index contributed by atoms with van der Waals surface area (Å²) in [5.41, 5.74) is 5.41. The molecule has 0 radical (unpaired) electrons. The van der Waals surface area contributed by atoms with E-state index in [1.165, 1.54) is 54.6 Å². The van der Waals surface area contributed by atoms with Crippen LogP contribution in [0.5, 0.6) is 0 Å². The number of nitrogens with zero attached hydrogens (tertiary/aromatic N) is 2. The van der Waals surface area contributed by atoms with Crippen LogP contribution in [0.4, 0.5) is 0 Å². The van der Waals surface area contributed by atoms with Gasteiger partial charge in [-0.15, -0.1) is 0 Å². The van der Waals surface area contributed by atoms with Gasteiger partial charge in [-0.25, -0.2) is 4.98 Å². The van der Waals surface area contributed by atoms with Crippen molar-refractivity contribution in [2.75, 3.05) is 7.05 Å². The molecule has 1 aromatic carbocycles. The highest BCUT2D eigenvalue weighted by atomic mass is 16.2. The molecule has 3 fully saturated rings. The number of aromatic amines is 1. The Kier molecular flexibility index (Phi) is 4.30. The number of nitrogens with one attached hydrogen (secondary N) is 1. The standard InChI is InChI=1S/C28H37N3O/c1-16-14-22-23(15-17(16)2)30-26(29-22)21-8-7-19-18-6-9-24-28(4,13-11-25(32)31(24)5)20(18)10-12-27(19,21)3/h11,13-15,18-21,24H,6-10,12H2,1-5H3,(H,29,30)/t18-,19-,20+,21?,24?,27-,28+/m0/s1. The number of amides is 1. The molecule has 4 nitrogen and oxygen atoms in total. The molecule has 3 aliphatic carbocycles. The molecular weight excluding hydrogens is 394 g/mol. The first-order valence-electron chi connectivity index (χ1n) is 12.7. The van der Waals surface area contributed by atoms with Crippen LogP contribution in [0.15, 0.2) is 24.3 Å². The van der Waals surface area contributed by atoms with Crippen LogP contribution in [0.3, 0.4) is 0 Å². The number of hydrogen-bond donors (Lipinski definition) is 1. The van der Waals surface area contributed by atoms with Crippen LogP contribution < -0.4 is 0 Å². The van der Waals surface area contributed by atoms with E-state index in [2.05, 4.69) is 50.9 Å². The number of carbonyl (C=O) groups excluding carboxylic acids is 1. The van der Waals surface area contributed by atoms with Crippen molar-refractivity contribution in [2.45, 2.75) is 78.2 Å². The van der Waals surface area contributed by atoms with Gasteiger partial charge >= 0.3 is 0 Å². The molecule has 1 N–H and O–H groups in total. The fourth-order valence-electron chi connectivity index (χ4n) is 8.64. The Bertz CT molecular complexity index is 1090. The van der Waals surface area contributed by atoms with Gasteiger partial charge in [-0.2, -0.15) is 0 Å². The van der Waals surface area contributed by atoms with Crippen LogP contribution in [0.25, 0.3) is 11.0 Å². The van der Waals surface area contributed by atoms with Gasteiger partial charge in [0.05, 0.1) is 11.0 Å². The number of H-pyrrole nitrogens is 1. The van der Waals surface area contributed by atoms with Crippen molar-refractivity contribution in [3.05, 3.63) is 41.2 Å². The van der Waals surface area contributed by atoms with E-state index in [1.54, 1.807) is 0 Å². The predicted molar refractivity (Wildman–Crippen MR) is 128 cm³/mol. The first kappa shape index (κ1) is 20.5. The quantitative estimate of drug-likeness (QED) is 0.611. The number of likely N-dealkylation sites (N-methyl/N-ethyl adjacent to an activating group) is 1. The van der Waals surface area contributed by atoms with Gasteiger partial charge in [-0.05, 0) is 105 Å². The van der Waals surface area contributed by atoms with Gasteiger partial charge in [-0.3, -0.25) is 4.79 Å². The number of rotatable bonds is 1. The van der Waals surface area contributed by atoms with E-state index < -0.39 is 0 Å². The largest absolute Gasteiger partial charge is 0.342 e. The monoisotopic (exact) mass is 431 g/mol. The molecule has 6 rings (SSSR count). The summed E-state index contributed by atoms with van der Waals surface area (Å²) in [6, 6.07) is 4.87. The molecule has 0 bridgehead atoms. The Labute approximate surface area is 191 Å². The number of carbonyl (C=O) groups is 1. The van der Waals surface area contributed by atoms with Gasteiger partial charge in [0.25, 0.3) is 0 Å². The molecule has 4 aliphatic rings. The molecule has 7 atom stereocenters. The van der Waals surface area contributed by atoms with E-state index in [1.807, 2.05) is 18.0 Å². The summed E-state index contributed by atoms with van der Waals surface area (Å²) in [7, 11) is 2.01. The van der Waals surface area contributed by atoms with Crippen LogP contribution >= 0.6 is 0 Å². The molecule has 0 spiro atoms. The molecule has 1 amide bonds. The zero-order chi connectivity index (χ0) is 22.4.